The van der Waals surface area contributed by atoms with E-state index >= 15 is 0 Å². The molecule has 18 heavy (non-hydrogen) atoms. The second-order valence-electron chi connectivity index (χ2n) is 3.83. The van der Waals surface area contributed by atoms with Crippen molar-refractivity contribution >= 4 is 17.7 Å². The Morgan fingerprint density at radius 1 is 1.28 bits per heavy atom. The van der Waals surface area contributed by atoms with Crippen LogP contribution in [0.4, 0.5) is 10.5 Å². The summed E-state index contributed by atoms with van der Waals surface area (Å²) in [6.07, 6.45) is 2.51. The van der Waals surface area contributed by atoms with E-state index < -0.39 is 5.97 Å². The maximum atomic E-state index is 11.5. The van der Waals surface area contributed by atoms with E-state index in [1.165, 1.54) is 12.1 Å². The van der Waals surface area contributed by atoms with Crippen LogP contribution in [0.2, 0.25) is 0 Å². The number of carbonyl (C=O) groups excluding carboxylic acids is 1. The Morgan fingerprint density at radius 3 is 2.39 bits per heavy atom. The van der Waals surface area contributed by atoms with Gasteiger partial charge in [0.25, 0.3) is 0 Å². The minimum atomic E-state index is -0.993. The van der Waals surface area contributed by atoms with Gasteiger partial charge in [-0.2, -0.15) is 0 Å². The number of amides is 2. The largest absolute Gasteiger partial charge is 0.478 e. The van der Waals surface area contributed by atoms with Gasteiger partial charge in [0.2, 0.25) is 0 Å². The number of allylic oxidation sites excluding steroid dienone is 1. The normalized spacial score (nSPS) is 10.9. The molecule has 96 valence electrons. The van der Waals surface area contributed by atoms with Gasteiger partial charge in [-0.15, -0.1) is 0 Å². The Hall–Kier alpha value is -2.30. The first-order valence-electron chi connectivity index (χ1n) is 5.59. The number of urea groups is 1. The lowest BCUT2D eigenvalue weighted by atomic mass is 10.2. The van der Waals surface area contributed by atoms with Crippen molar-refractivity contribution in [2.24, 2.45) is 0 Å². The number of hydrogen-bond donors (Lipinski definition) is 3. The summed E-state index contributed by atoms with van der Waals surface area (Å²) in [4.78, 5) is 22.1. The van der Waals surface area contributed by atoms with E-state index in [-0.39, 0.29) is 11.6 Å². The molecule has 0 aliphatic carbocycles. The summed E-state index contributed by atoms with van der Waals surface area (Å²) in [7, 11) is 0. The van der Waals surface area contributed by atoms with Gasteiger partial charge in [-0.25, -0.2) is 9.59 Å². The van der Waals surface area contributed by atoms with Crippen LogP contribution in [0.3, 0.4) is 0 Å². The van der Waals surface area contributed by atoms with Crippen molar-refractivity contribution in [3.8, 4) is 0 Å². The second-order valence-corrected chi connectivity index (χ2v) is 3.83. The molecule has 0 aromatic heterocycles. The number of carbonyl (C=O) groups is 2. The lowest BCUT2D eigenvalue weighted by molar-refractivity contribution is 0.0697. The van der Waals surface area contributed by atoms with Gasteiger partial charge in [0.15, 0.2) is 0 Å². The summed E-state index contributed by atoms with van der Waals surface area (Å²) in [5, 5.41) is 13.9. The van der Waals surface area contributed by atoms with Gasteiger partial charge in [-0.3, -0.25) is 0 Å². The fourth-order valence-electron chi connectivity index (χ4n) is 1.15. The maximum Gasteiger partial charge on any atom is 0.335 e. The van der Waals surface area contributed by atoms with Crippen LogP contribution < -0.4 is 10.6 Å². The van der Waals surface area contributed by atoms with E-state index in [2.05, 4.69) is 10.6 Å². The monoisotopic (exact) mass is 248 g/mol. The zero-order valence-corrected chi connectivity index (χ0v) is 10.4. The zero-order valence-electron chi connectivity index (χ0n) is 10.4. The maximum absolute atomic E-state index is 11.5. The molecule has 0 bridgehead atoms. The Balaban J connectivity index is 2.57. The standard InChI is InChI=1S/C13H16N2O3/c1-3-9(2)8-14-13(18)15-11-6-4-10(5-7-11)12(16)17/h4-8H,3H2,1-2H3,(H,16,17)(H2,14,15,18)/b9-8+. The van der Waals surface area contributed by atoms with Crippen molar-refractivity contribution in [3.63, 3.8) is 0 Å². The van der Waals surface area contributed by atoms with Crippen LogP contribution in [0.1, 0.15) is 30.6 Å². The fraction of sp³-hybridized carbons (Fsp3) is 0.231. The van der Waals surface area contributed by atoms with Crippen molar-refractivity contribution in [1.29, 1.82) is 0 Å². The topological polar surface area (TPSA) is 78.4 Å². The van der Waals surface area contributed by atoms with Gasteiger partial charge in [0, 0.05) is 11.9 Å². The van der Waals surface area contributed by atoms with E-state index in [4.69, 9.17) is 5.11 Å². The molecule has 5 nitrogen and oxygen atoms in total. The van der Waals surface area contributed by atoms with Crippen LogP contribution in [0.15, 0.2) is 36.0 Å². The van der Waals surface area contributed by atoms with Gasteiger partial charge in [0.1, 0.15) is 0 Å². The van der Waals surface area contributed by atoms with Crippen LogP contribution >= 0.6 is 0 Å². The van der Waals surface area contributed by atoms with Gasteiger partial charge in [-0.05, 0) is 37.6 Å². The Bertz CT molecular complexity index is 464. The fourth-order valence-corrected chi connectivity index (χ4v) is 1.15. The summed E-state index contributed by atoms with van der Waals surface area (Å²) in [6, 6.07) is 5.60. The van der Waals surface area contributed by atoms with Crippen molar-refractivity contribution in [3.05, 3.63) is 41.6 Å². The highest BCUT2D eigenvalue weighted by atomic mass is 16.4. The van der Waals surface area contributed by atoms with E-state index in [0.717, 1.165) is 12.0 Å². The van der Waals surface area contributed by atoms with E-state index in [1.54, 1.807) is 18.3 Å². The highest BCUT2D eigenvalue weighted by molar-refractivity contribution is 5.91. The summed E-state index contributed by atoms with van der Waals surface area (Å²) in [5.41, 5.74) is 1.79. The third-order valence-corrected chi connectivity index (χ3v) is 2.40. The van der Waals surface area contributed by atoms with Crippen LogP contribution in [0, 0.1) is 0 Å². The molecule has 0 heterocycles. The molecular formula is C13H16N2O3. The molecule has 0 aliphatic heterocycles. The van der Waals surface area contributed by atoms with Crippen molar-refractivity contribution in [1.82, 2.24) is 5.32 Å². The van der Waals surface area contributed by atoms with Crippen molar-refractivity contribution in [2.75, 3.05) is 5.32 Å². The Morgan fingerprint density at radius 2 is 1.89 bits per heavy atom. The average Bonchev–Trinajstić information content (AvgIpc) is 2.36. The van der Waals surface area contributed by atoms with Crippen LogP contribution in [-0.2, 0) is 0 Å². The number of anilines is 1. The number of nitrogens with one attached hydrogen (secondary N) is 2. The summed E-state index contributed by atoms with van der Waals surface area (Å²) < 4.78 is 0. The van der Waals surface area contributed by atoms with E-state index in [1.807, 2.05) is 13.8 Å². The first-order valence-corrected chi connectivity index (χ1v) is 5.59. The third-order valence-electron chi connectivity index (χ3n) is 2.40. The molecule has 1 aromatic rings. The molecule has 0 saturated heterocycles. The molecule has 0 radical (unpaired) electrons. The predicted molar refractivity (Wildman–Crippen MR) is 69.6 cm³/mol. The molecule has 2 amide bonds. The SMILES string of the molecule is CC/C(C)=C/NC(=O)Nc1ccc(C(=O)O)cc1. The first-order chi connectivity index (χ1) is 8.52. The number of benzene rings is 1. The molecular weight excluding hydrogens is 232 g/mol. The number of rotatable bonds is 4. The first kappa shape index (κ1) is 13.8. The average molecular weight is 248 g/mol. The zero-order chi connectivity index (χ0) is 13.5. The van der Waals surface area contributed by atoms with Crippen molar-refractivity contribution in [2.45, 2.75) is 20.3 Å². The minimum absolute atomic E-state index is 0.183. The minimum Gasteiger partial charge on any atom is -0.478 e. The molecule has 3 N–H and O–H groups in total. The van der Waals surface area contributed by atoms with Crippen LogP contribution in [-0.4, -0.2) is 17.1 Å². The highest BCUT2D eigenvalue weighted by Crippen LogP contribution is 2.09. The quantitative estimate of drug-likeness (QED) is 0.766. The summed E-state index contributed by atoms with van der Waals surface area (Å²) in [6.45, 7) is 3.91. The van der Waals surface area contributed by atoms with Crippen LogP contribution in [0.5, 0.6) is 0 Å². The van der Waals surface area contributed by atoms with E-state index in [9.17, 15) is 9.59 Å². The molecule has 0 unspecified atom stereocenters. The third kappa shape index (κ3) is 4.29. The number of carboxylic acid groups (broad SMARTS) is 1. The highest BCUT2D eigenvalue weighted by Gasteiger charge is 2.03. The molecule has 5 heteroatoms. The summed E-state index contributed by atoms with van der Waals surface area (Å²) in [5.74, 6) is -0.993. The molecule has 1 aromatic carbocycles. The number of aromatic carboxylic acids is 1. The number of hydrogen-bond acceptors (Lipinski definition) is 2. The second kappa shape index (κ2) is 6.44. The number of carboxylic acids is 1. The predicted octanol–water partition coefficient (Wildman–Crippen LogP) is 2.82. The Labute approximate surface area is 106 Å². The van der Waals surface area contributed by atoms with Gasteiger partial charge in [0.05, 0.1) is 5.56 Å². The van der Waals surface area contributed by atoms with E-state index in [0.29, 0.717) is 5.69 Å². The van der Waals surface area contributed by atoms with Crippen molar-refractivity contribution < 1.29 is 14.7 Å². The Kier molecular flexibility index (Phi) is 4.92. The van der Waals surface area contributed by atoms with Crippen LogP contribution in [0.25, 0.3) is 0 Å². The molecule has 1 rings (SSSR count). The molecule has 0 atom stereocenters. The van der Waals surface area contributed by atoms with Gasteiger partial charge < -0.3 is 15.7 Å². The van der Waals surface area contributed by atoms with Gasteiger partial charge in [-0.1, -0.05) is 12.5 Å². The molecule has 0 saturated carbocycles. The lowest BCUT2D eigenvalue weighted by Gasteiger charge is -2.05. The smallest absolute Gasteiger partial charge is 0.335 e. The molecule has 0 fully saturated rings. The lowest BCUT2D eigenvalue weighted by Crippen LogP contribution is -2.24. The molecule has 0 aliphatic rings. The molecule has 0 spiro atoms. The van der Waals surface area contributed by atoms with Gasteiger partial charge >= 0.3 is 12.0 Å². The summed E-state index contributed by atoms with van der Waals surface area (Å²) >= 11 is 0.